The standard InChI is InChI=1S/C21H21NO4/c1-13(2)15-4-6-16(7-5-15)22-20(23)12-25-17-8-9-18-14(3)10-21(24)26-19(18)11-17/h4-11,13H,12H2,1-3H3,(H,22,23). The molecular weight excluding hydrogens is 330 g/mol. The molecule has 0 saturated carbocycles. The van der Waals surface area contributed by atoms with Crippen LogP contribution in [0.25, 0.3) is 11.0 Å². The third kappa shape index (κ3) is 4.11. The highest BCUT2D eigenvalue weighted by molar-refractivity contribution is 5.92. The van der Waals surface area contributed by atoms with Gasteiger partial charge in [0.15, 0.2) is 6.61 Å². The van der Waals surface area contributed by atoms with Crippen LogP contribution >= 0.6 is 0 Å². The van der Waals surface area contributed by atoms with E-state index in [4.69, 9.17) is 9.15 Å². The molecule has 0 fully saturated rings. The zero-order chi connectivity index (χ0) is 18.7. The molecule has 0 aliphatic heterocycles. The van der Waals surface area contributed by atoms with Crippen molar-refractivity contribution >= 4 is 22.6 Å². The molecule has 0 atom stereocenters. The Morgan fingerprint density at radius 3 is 2.54 bits per heavy atom. The number of aryl methyl sites for hydroxylation is 1. The smallest absolute Gasteiger partial charge is 0.336 e. The number of ether oxygens (including phenoxy) is 1. The first-order valence-electron chi connectivity index (χ1n) is 8.49. The zero-order valence-electron chi connectivity index (χ0n) is 15.0. The van der Waals surface area contributed by atoms with Crippen LogP contribution in [0.15, 0.2) is 57.7 Å². The quantitative estimate of drug-likeness (QED) is 0.698. The van der Waals surface area contributed by atoms with Gasteiger partial charge in [-0.15, -0.1) is 0 Å². The van der Waals surface area contributed by atoms with E-state index in [1.807, 2.05) is 37.3 Å². The molecule has 1 N–H and O–H groups in total. The average Bonchev–Trinajstić information content (AvgIpc) is 2.60. The van der Waals surface area contributed by atoms with E-state index in [9.17, 15) is 9.59 Å². The van der Waals surface area contributed by atoms with Crippen LogP contribution in [0.2, 0.25) is 0 Å². The molecule has 0 spiro atoms. The molecule has 5 heteroatoms. The van der Waals surface area contributed by atoms with Crippen molar-refractivity contribution in [3.8, 4) is 5.75 Å². The van der Waals surface area contributed by atoms with E-state index in [1.54, 1.807) is 12.1 Å². The van der Waals surface area contributed by atoms with Crippen molar-refractivity contribution in [3.63, 3.8) is 0 Å². The maximum absolute atomic E-state index is 12.1. The molecular formula is C21H21NO4. The Hall–Kier alpha value is -3.08. The van der Waals surface area contributed by atoms with Crippen LogP contribution in [0.4, 0.5) is 5.69 Å². The Kier molecular flexibility index (Phi) is 5.07. The van der Waals surface area contributed by atoms with Gasteiger partial charge in [-0.1, -0.05) is 26.0 Å². The number of amides is 1. The van der Waals surface area contributed by atoms with Gasteiger partial charge in [0, 0.05) is 23.2 Å². The molecule has 1 aromatic heterocycles. The summed E-state index contributed by atoms with van der Waals surface area (Å²) >= 11 is 0. The molecule has 1 heterocycles. The first kappa shape index (κ1) is 17.7. The van der Waals surface area contributed by atoms with Gasteiger partial charge in [-0.3, -0.25) is 4.79 Å². The number of hydrogen-bond donors (Lipinski definition) is 1. The second-order valence-electron chi connectivity index (χ2n) is 6.52. The van der Waals surface area contributed by atoms with Gasteiger partial charge in [-0.05, 0) is 48.2 Å². The molecule has 0 unspecified atom stereocenters. The molecule has 134 valence electrons. The van der Waals surface area contributed by atoms with Crippen molar-refractivity contribution in [2.24, 2.45) is 0 Å². The van der Waals surface area contributed by atoms with E-state index >= 15 is 0 Å². The SMILES string of the molecule is Cc1cc(=O)oc2cc(OCC(=O)Nc3ccc(C(C)C)cc3)ccc12. The second kappa shape index (κ2) is 7.44. The Balaban J connectivity index is 1.64. The molecule has 0 radical (unpaired) electrons. The fourth-order valence-corrected chi connectivity index (χ4v) is 2.69. The van der Waals surface area contributed by atoms with E-state index in [2.05, 4.69) is 19.2 Å². The summed E-state index contributed by atoms with van der Waals surface area (Å²) in [6.07, 6.45) is 0. The molecule has 0 aliphatic rings. The fraction of sp³-hybridized carbons (Fsp3) is 0.238. The Morgan fingerprint density at radius 1 is 1.12 bits per heavy atom. The summed E-state index contributed by atoms with van der Waals surface area (Å²) in [7, 11) is 0. The van der Waals surface area contributed by atoms with Crippen LogP contribution in [-0.2, 0) is 4.79 Å². The van der Waals surface area contributed by atoms with Crippen molar-refractivity contribution in [2.45, 2.75) is 26.7 Å². The first-order valence-corrected chi connectivity index (χ1v) is 8.49. The van der Waals surface area contributed by atoms with Crippen molar-refractivity contribution < 1.29 is 13.9 Å². The van der Waals surface area contributed by atoms with Crippen LogP contribution in [0, 0.1) is 6.92 Å². The topological polar surface area (TPSA) is 68.5 Å². The number of fused-ring (bicyclic) bond motifs is 1. The van der Waals surface area contributed by atoms with Crippen LogP contribution in [-0.4, -0.2) is 12.5 Å². The van der Waals surface area contributed by atoms with E-state index in [0.717, 1.165) is 16.6 Å². The maximum Gasteiger partial charge on any atom is 0.336 e. The number of nitrogens with one attached hydrogen (secondary N) is 1. The van der Waals surface area contributed by atoms with Gasteiger partial charge in [0.2, 0.25) is 0 Å². The van der Waals surface area contributed by atoms with Gasteiger partial charge >= 0.3 is 5.63 Å². The molecule has 0 bridgehead atoms. The highest BCUT2D eigenvalue weighted by atomic mass is 16.5. The number of anilines is 1. The van der Waals surface area contributed by atoms with Crippen LogP contribution in [0.1, 0.15) is 30.9 Å². The van der Waals surface area contributed by atoms with Crippen LogP contribution in [0.3, 0.4) is 0 Å². The number of carbonyl (C=O) groups is 1. The summed E-state index contributed by atoms with van der Waals surface area (Å²) in [6.45, 7) is 5.95. The first-order chi connectivity index (χ1) is 12.4. The zero-order valence-corrected chi connectivity index (χ0v) is 15.0. The molecule has 3 rings (SSSR count). The highest BCUT2D eigenvalue weighted by Gasteiger charge is 2.07. The van der Waals surface area contributed by atoms with Crippen LogP contribution in [0.5, 0.6) is 5.75 Å². The molecule has 1 amide bonds. The van der Waals surface area contributed by atoms with Crippen LogP contribution < -0.4 is 15.7 Å². The van der Waals surface area contributed by atoms with Gasteiger partial charge in [-0.25, -0.2) is 4.79 Å². The van der Waals surface area contributed by atoms with E-state index in [1.165, 1.54) is 11.6 Å². The van der Waals surface area contributed by atoms with Crippen molar-refractivity contribution in [3.05, 3.63) is 70.1 Å². The monoisotopic (exact) mass is 351 g/mol. The fourth-order valence-electron chi connectivity index (χ4n) is 2.69. The minimum atomic E-state index is -0.408. The molecule has 0 aliphatic carbocycles. The van der Waals surface area contributed by atoms with Crippen molar-refractivity contribution in [1.82, 2.24) is 0 Å². The van der Waals surface area contributed by atoms with E-state index in [-0.39, 0.29) is 12.5 Å². The largest absolute Gasteiger partial charge is 0.484 e. The lowest BCUT2D eigenvalue weighted by Gasteiger charge is -2.10. The Morgan fingerprint density at radius 2 is 1.85 bits per heavy atom. The predicted molar refractivity (Wildman–Crippen MR) is 102 cm³/mol. The highest BCUT2D eigenvalue weighted by Crippen LogP contribution is 2.22. The third-order valence-electron chi connectivity index (χ3n) is 4.15. The summed E-state index contributed by atoms with van der Waals surface area (Å²) in [5, 5.41) is 3.64. The number of carbonyl (C=O) groups excluding carboxylic acids is 1. The number of benzene rings is 2. The maximum atomic E-state index is 12.1. The lowest BCUT2D eigenvalue weighted by Crippen LogP contribution is -2.20. The van der Waals surface area contributed by atoms with Gasteiger partial charge in [0.1, 0.15) is 11.3 Å². The van der Waals surface area contributed by atoms with Crippen molar-refractivity contribution in [2.75, 3.05) is 11.9 Å². The average molecular weight is 351 g/mol. The van der Waals surface area contributed by atoms with Gasteiger partial charge in [-0.2, -0.15) is 0 Å². The van der Waals surface area contributed by atoms with Gasteiger partial charge in [0.25, 0.3) is 5.91 Å². The molecule has 0 saturated heterocycles. The minimum absolute atomic E-state index is 0.131. The number of hydrogen-bond acceptors (Lipinski definition) is 4. The summed E-state index contributed by atoms with van der Waals surface area (Å²) in [4.78, 5) is 23.5. The van der Waals surface area contributed by atoms with E-state index < -0.39 is 5.63 Å². The molecule has 3 aromatic rings. The Labute approximate surface area is 151 Å². The summed E-state index contributed by atoms with van der Waals surface area (Å²) in [5.41, 5.74) is 2.81. The summed E-state index contributed by atoms with van der Waals surface area (Å²) < 4.78 is 10.7. The molecule has 2 aromatic carbocycles. The molecule has 26 heavy (non-hydrogen) atoms. The Bertz CT molecular complexity index is 987. The summed E-state index contributed by atoms with van der Waals surface area (Å²) in [6, 6.07) is 14.4. The normalized spacial score (nSPS) is 10.9. The lowest BCUT2D eigenvalue weighted by molar-refractivity contribution is -0.118. The predicted octanol–water partition coefficient (Wildman–Crippen LogP) is 4.24. The molecule has 5 nitrogen and oxygen atoms in total. The second-order valence-corrected chi connectivity index (χ2v) is 6.52. The number of rotatable bonds is 5. The van der Waals surface area contributed by atoms with E-state index in [0.29, 0.717) is 17.3 Å². The lowest BCUT2D eigenvalue weighted by atomic mass is 10.0. The van der Waals surface area contributed by atoms with Gasteiger partial charge < -0.3 is 14.5 Å². The van der Waals surface area contributed by atoms with Crippen molar-refractivity contribution in [1.29, 1.82) is 0 Å². The summed E-state index contributed by atoms with van der Waals surface area (Å²) in [5.74, 6) is 0.657. The third-order valence-corrected chi connectivity index (χ3v) is 4.15. The van der Waals surface area contributed by atoms with Gasteiger partial charge in [0.05, 0.1) is 0 Å². The minimum Gasteiger partial charge on any atom is -0.484 e.